The molecule has 2 saturated heterocycles. The second-order valence-electron chi connectivity index (χ2n) is 8.30. The van der Waals surface area contributed by atoms with E-state index in [1.54, 1.807) is 11.8 Å². The van der Waals surface area contributed by atoms with E-state index in [0.29, 0.717) is 39.3 Å². The molecule has 0 radical (unpaired) electrons. The van der Waals surface area contributed by atoms with Crippen LogP contribution in [-0.2, 0) is 9.53 Å². The van der Waals surface area contributed by atoms with E-state index in [0.717, 1.165) is 18.4 Å². The molecule has 1 saturated carbocycles. The molecule has 1 aromatic rings. The van der Waals surface area contributed by atoms with Gasteiger partial charge in [0.2, 0.25) is 5.91 Å². The van der Waals surface area contributed by atoms with Gasteiger partial charge in [-0.1, -0.05) is 30.3 Å². The molecule has 0 spiro atoms. The number of aliphatic hydroxyl groups is 1. The van der Waals surface area contributed by atoms with Crippen LogP contribution in [0, 0.1) is 5.92 Å². The van der Waals surface area contributed by atoms with Crippen LogP contribution in [-0.4, -0.2) is 71.3 Å². The van der Waals surface area contributed by atoms with Crippen molar-refractivity contribution in [2.24, 2.45) is 5.92 Å². The van der Waals surface area contributed by atoms with Crippen molar-refractivity contribution in [2.45, 2.75) is 43.9 Å². The highest BCUT2D eigenvalue weighted by Crippen LogP contribution is 2.39. The number of ether oxygens (including phenoxy) is 1. The van der Waals surface area contributed by atoms with E-state index >= 15 is 0 Å². The van der Waals surface area contributed by atoms with Crippen molar-refractivity contribution in [2.75, 3.05) is 32.8 Å². The number of benzene rings is 1. The predicted molar refractivity (Wildman–Crippen MR) is 104 cm³/mol. The third-order valence-electron chi connectivity index (χ3n) is 6.09. The lowest BCUT2D eigenvalue weighted by atomic mass is 9.79. The molecule has 2 N–H and O–H groups in total. The zero-order valence-corrected chi connectivity index (χ0v) is 16.3. The fourth-order valence-corrected chi connectivity index (χ4v) is 4.19. The Kier molecular flexibility index (Phi) is 5.29. The monoisotopic (exact) mass is 387 g/mol. The summed E-state index contributed by atoms with van der Waals surface area (Å²) in [5, 5.41) is 14.2. The first kappa shape index (κ1) is 19.2. The number of urea groups is 1. The van der Waals surface area contributed by atoms with Crippen LogP contribution in [0.3, 0.4) is 0 Å². The molecule has 3 atom stereocenters. The molecule has 4 rings (SSSR count). The lowest BCUT2D eigenvalue weighted by Gasteiger charge is -2.50. The molecule has 0 unspecified atom stereocenters. The largest absolute Gasteiger partial charge is 0.388 e. The van der Waals surface area contributed by atoms with E-state index in [2.05, 4.69) is 5.32 Å². The van der Waals surface area contributed by atoms with Gasteiger partial charge in [-0.25, -0.2) is 4.79 Å². The van der Waals surface area contributed by atoms with Gasteiger partial charge in [-0.3, -0.25) is 4.79 Å². The lowest BCUT2D eigenvalue weighted by molar-refractivity contribution is -0.128. The van der Waals surface area contributed by atoms with Crippen molar-refractivity contribution in [1.82, 2.24) is 15.1 Å². The zero-order valence-electron chi connectivity index (χ0n) is 16.3. The number of carbonyl (C=O) groups is 2. The van der Waals surface area contributed by atoms with Gasteiger partial charge in [0.1, 0.15) is 0 Å². The second kappa shape index (κ2) is 7.72. The molecule has 152 valence electrons. The van der Waals surface area contributed by atoms with Crippen molar-refractivity contribution in [1.29, 1.82) is 0 Å². The number of piperidine rings is 1. The summed E-state index contributed by atoms with van der Waals surface area (Å²) in [5.41, 5.74) is -0.169. The molecule has 3 fully saturated rings. The van der Waals surface area contributed by atoms with Crippen LogP contribution in [0.2, 0.25) is 0 Å². The summed E-state index contributed by atoms with van der Waals surface area (Å²) < 4.78 is 5.38. The predicted octanol–water partition coefficient (Wildman–Crippen LogP) is 1.53. The first-order chi connectivity index (χ1) is 13.5. The van der Waals surface area contributed by atoms with Gasteiger partial charge in [0.15, 0.2) is 0 Å². The number of hydrogen-bond acceptors (Lipinski definition) is 4. The average molecular weight is 387 g/mol. The van der Waals surface area contributed by atoms with Gasteiger partial charge in [0.25, 0.3) is 0 Å². The Labute approximate surface area is 165 Å². The minimum atomic E-state index is -1.09. The Bertz CT molecular complexity index is 714. The number of nitrogens with zero attached hydrogens (tertiary/aromatic N) is 2. The summed E-state index contributed by atoms with van der Waals surface area (Å²) in [4.78, 5) is 29.5. The first-order valence-corrected chi connectivity index (χ1v) is 10.2. The number of morpholine rings is 1. The lowest BCUT2D eigenvalue weighted by Crippen LogP contribution is -2.65. The van der Waals surface area contributed by atoms with E-state index in [1.807, 2.05) is 35.2 Å². The molecule has 0 bridgehead atoms. The van der Waals surface area contributed by atoms with Crippen LogP contribution in [0.1, 0.15) is 37.8 Å². The van der Waals surface area contributed by atoms with Crippen LogP contribution in [0.4, 0.5) is 4.79 Å². The fraction of sp³-hybridized carbons (Fsp3) is 0.619. The maximum Gasteiger partial charge on any atom is 0.320 e. The van der Waals surface area contributed by atoms with Crippen molar-refractivity contribution < 1.29 is 19.4 Å². The molecule has 1 aromatic carbocycles. The van der Waals surface area contributed by atoms with Crippen LogP contribution >= 0.6 is 0 Å². The highest BCUT2D eigenvalue weighted by atomic mass is 16.5. The van der Waals surface area contributed by atoms with Gasteiger partial charge in [-0.15, -0.1) is 0 Å². The number of carbonyl (C=O) groups excluding carboxylic acids is 2. The summed E-state index contributed by atoms with van der Waals surface area (Å²) >= 11 is 0. The van der Waals surface area contributed by atoms with E-state index in [-0.39, 0.29) is 17.9 Å². The summed E-state index contributed by atoms with van der Waals surface area (Å²) in [6, 6.07) is 8.68. The molecule has 7 heteroatoms. The Hall–Kier alpha value is -2.12. The van der Waals surface area contributed by atoms with Gasteiger partial charge >= 0.3 is 6.03 Å². The molecule has 7 nitrogen and oxygen atoms in total. The molecule has 3 amide bonds. The van der Waals surface area contributed by atoms with Gasteiger partial charge in [-0.2, -0.15) is 0 Å². The smallest absolute Gasteiger partial charge is 0.320 e. The van der Waals surface area contributed by atoms with Gasteiger partial charge < -0.3 is 25.0 Å². The maximum absolute atomic E-state index is 13.3. The van der Waals surface area contributed by atoms with Crippen molar-refractivity contribution in [3.8, 4) is 0 Å². The fourth-order valence-electron chi connectivity index (χ4n) is 4.19. The SMILES string of the molecule is C[C@@]1(O)CCN(C(=O)N2CCOCC2)[C@@H](c2ccccc2)[C@@H]1NC(=O)C1CC1. The highest BCUT2D eigenvalue weighted by Gasteiger charge is 2.49. The molecule has 28 heavy (non-hydrogen) atoms. The van der Waals surface area contributed by atoms with E-state index < -0.39 is 17.7 Å². The Morgan fingerprint density at radius 3 is 2.46 bits per heavy atom. The molecule has 1 aliphatic carbocycles. The first-order valence-electron chi connectivity index (χ1n) is 10.2. The van der Waals surface area contributed by atoms with Crippen LogP contribution in [0.5, 0.6) is 0 Å². The van der Waals surface area contributed by atoms with Crippen LogP contribution in [0.15, 0.2) is 30.3 Å². The van der Waals surface area contributed by atoms with Crippen molar-refractivity contribution >= 4 is 11.9 Å². The topological polar surface area (TPSA) is 82.1 Å². The molecular weight excluding hydrogens is 358 g/mol. The number of nitrogens with one attached hydrogen (secondary N) is 1. The Balaban J connectivity index is 1.66. The van der Waals surface area contributed by atoms with Gasteiger partial charge in [-0.05, 0) is 31.7 Å². The number of hydrogen-bond donors (Lipinski definition) is 2. The third kappa shape index (κ3) is 3.86. The van der Waals surface area contributed by atoms with E-state index in [1.165, 1.54) is 0 Å². The Morgan fingerprint density at radius 1 is 1.14 bits per heavy atom. The second-order valence-corrected chi connectivity index (χ2v) is 8.30. The number of amides is 3. The van der Waals surface area contributed by atoms with Crippen LogP contribution < -0.4 is 5.32 Å². The molecule has 2 aliphatic heterocycles. The highest BCUT2D eigenvalue weighted by molar-refractivity contribution is 5.82. The van der Waals surface area contributed by atoms with Crippen molar-refractivity contribution in [3.05, 3.63) is 35.9 Å². The molecule has 2 heterocycles. The van der Waals surface area contributed by atoms with Crippen molar-refractivity contribution in [3.63, 3.8) is 0 Å². The van der Waals surface area contributed by atoms with Gasteiger partial charge in [0, 0.05) is 25.6 Å². The summed E-state index contributed by atoms with van der Waals surface area (Å²) in [7, 11) is 0. The van der Waals surface area contributed by atoms with E-state index in [4.69, 9.17) is 4.74 Å². The summed E-state index contributed by atoms with van der Waals surface area (Å²) in [6.07, 6.45) is 2.21. The number of likely N-dealkylation sites (tertiary alicyclic amines) is 1. The number of rotatable bonds is 3. The molecule has 3 aliphatic rings. The summed E-state index contributed by atoms with van der Waals surface area (Å²) in [6.45, 7) is 4.40. The van der Waals surface area contributed by atoms with Crippen LogP contribution in [0.25, 0.3) is 0 Å². The minimum Gasteiger partial charge on any atom is -0.388 e. The quantitative estimate of drug-likeness (QED) is 0.824. The Morgan fingerprint density at radius 2 is 1.82 bits per heavy atom. The third-order valence-corrected chi connectivity index (χ3v) is 6.09. The molecule has 0 aromatic heterocycles. The normalized spacial score (nSPS) is 30.8. The molecular formula is C21H29N3O4. The minimum absolute atomic E-state index is 0.0214. The zero-order chi connectivity index (χ0) is 19.7. The summed E-state index contributed by atoms with van der Waals surface area (Å²) in [5.74, 6) is 0.0180. The van der Waals surface area contributed by atoms with Gasteiger partial charge in [0.05, 0.1) is 30.9 Å². The average Bonchev–Trinajstić information content (AvgIpc) is 3.55. The van der Waals surface area contributed by atoms with E-state index in [9.17, 15) is 14.7 Å². The maximum atomic E-state index is 13.3. The standard InChI is InChI=1S/C21H29N3O4/c1-21(27)9-10-24(20(26)23-11-13-28-14-12-23)17(15-5-3-2-4-6-15)18(21)22-19(25)16-7-8-16/h2-6,16-18,27H,7-14H2,1H3,(H,22,25)/t17-,18-,21+/m0/s1.